The number of fused-ring (bicyclic) bond motifs is 1. The number of aliphatic carboxylic acids is 2. The van der Waals surface area contributed by atoms with Crippen LogP contribution in [0, 0.1) is 17.2 Å². The van der Waals surface area contributed by atoms with Gasteiger partial charge in [-0.2, -0.15) is 0 Å². The fourth-order valence-corrected chi connectivity index (χ4v) is 15.8. The maximum absolute atomic E-state index is 15.4. The van der Waals surface area contributed by atoms with Gasteiger partial charge in [0, 0.05) is 68.8 Å². The summed E-state index contributed by atoms with van der Waals surface area (Å²) in [6, 6.07) is -1.79. The summed E-state index contributed by atoms with van der Waals surface area (Å²) in [5.41, 5.74) is 41.4. The van der Waals surface area contributed by atoms with Crippen molar-refractivity contribution in [1.82, 2.24) is 89.2 Å². The standard InChI is InChI=1S/C91H135N25O23/c1-48(2)40-63(82(130)109-64(43-53-46-101-57-21-10-9-20-55(53)57)83(131)108-62(90(138)139)23-12-14-36-93)110-85(133)68-25-16-38-115(68)88(136)66(41-51-18-7-6-8-19-51)112-80(128)59(24-15-37-100-91(98)99)106-84(132)65(45-72(97)120)111-86(134)69-26-17-39-116(69)89(137)67(42-52-27-29-54(117)30-28-52)113-87(135)75(49(3)4)114-81(129)61(32-34-71(96)119)105-76(124)50(5)103-78(126)60(31-33-70(95)118)107-79(127)58(22-11-13-35-92)104-73(121)47-102-77(125)56(94)44-74(122)123/h6-10,18-21,27-30,46,48-50,56,58-69,75,101,117H,11-17,22-26,31-45,47,92-94H2,1-5H3,(H2,95,118)(H2,96,119)(H2,97,120)(H,102,125)(H,103,126)(H,104,121)(H,105,124)(H,106,132)(H,107,127)(H,108,131)(H,109,130)(H,110,133)(H,111,134)(H,112,128)(H,113,135)(H,114,129)(H,122,123)(H,138,139)(H4,98,99,100)/t50-,56-,58-,59-,60-,61-,62-,63-,64-,65-,66-,67-,68-,69-,75-/m0/s1. The first-order valence-corrected chi connectivity index (χ1v) is 46.3. The molecule has 3 aromatic carbocycles. The summed E-state index contributed by atoms with van der Waals surface area (Å²) in [7, 11) is 0. The molecule has 0 unspecified atom stereocenters. The SMILES string of the molecule is CC(C)C[C@H](NC(=O)[C@@H]1CCCN1C(=O)[C@H](Cc1ccccc1)NC(=O)[C@H](CCCNC(=N)N)NC(=O)[C@H](CC(N)=O)NC(=O)[C@@H]1CCCN1C(=O)[C@H](Cc1ccc(O)cc1)NC(=O)[C@@H](NC(=O)[C@H](CCC(N)=O)NC(=O)[C@H](C)NC(=O)[C@H](CCC(N)=O)NC(=O)[C@H](CCCCN)NC(=O)CNC(=O)[C@@H](N)CC(=O)O)C(C)C)C(=O)N[C@@H](Cc1c[nH]c2ccccc12)C(=O)N[C@@H](CCCCN)C(=O)O. The number of nitrogens with two attached hydrogens (primary N) is 7. The van der Waals surface area contributed by atoms with Crippen LogP contribution in [-0.4, -0.2) is 284 Å². The number of amides is 18. The van der Waals surface area contributed by atoms with Crippen LogP contribution in [0.25, 0.3) is 10.9 Å². The summed E-state index contributed by atoms with van der Waals surface area (Å²) in [6.45, 7) is 7.24. The molecule has 48 heteroatoms. The van der Waals surface area contributed by atoms with Gasteiger partial charge in [-0.25, -0.2) is 4.79 Å². The second kappa shape index (κ2) is 56.9. The summed E-state index contributed by atoms with van der Waals surface area (Å²) >= 11 is 0. The van der Waals surface area contributed by atoms with E-state index < -0.39 is 266 Å². The lowest BCUT2D eigenvalue weighted by molar-refractivity contribution is -0.143. The number of para-hydroxylation sites is 1. The van der Waals surface area contributed by atoms with Crippen molar-refractivity contribution in [2.24, 2.45) is 52.0 Å². The molecule has 762 valence electrons. The van der Waals surface area contributed by atoms with E-state index in [-0.39, 0.29) is 128 Å². The van der Waals surface area contributed by atoms with Crippen molar-refractivity contribution in [1.29, 1.82) is 5.41 Å². The number of carbonyl (C=O) groups excluding carboxylic acids is 18. The summed E-state index contributed by atoms with van der Waals surface area (Å²) in [6.07, 6.45) is -1.08. The number of primary amides is 3. The van der Waals surface area contributed by atoms with E-state index >= 15 is 14.4 Å². The molecule has 0 spiro atoms. The number of aromatic amines is 1. The molecule has 18 amide bonds. The first-order valence-electron chi connectivity index (χ1n) is 46.3. The topological polar surface area (TPSA) is 799 Å². The van der Waals surface area contributed by atoms with Gasteiger partial charge < -0.3 is 145 Å². The number of hydrogen-bond acceptors (Lipinski definition) is 25. The van der Waals surface area contributed by atoms with Crippen LogP contribution in [0.4, 0.5) is 0 Å². The average molecular weight is 1950 g/mol. The van der Waals surface area contributed by atoms with Crippen molar-refractivity contribution in [3.05, 3.63) is 102 Å². The minimum Gasteiger partial charge on any atom is -0.508 e. The third kappa shape index (κ3) is 37.9. The van der Waals surface area contributed by atoms with E-state index in [0.29, 0.717) is 36.0 Å². The summed E-state index contributed by atoms with van der Waals surface area (Å²) < 4.78 is 0. The highest BCUT2D eigenvalue weighted by atomic mass is 16.4. The number of aromatic hydroxyl groups is 1. The van der Waals surface area contributed by atoms with Gasteiger partial charge in [0.05, 0.1) is 25.4 Å². The van der Waals surface area contributed by atoms with Gasteiger partial charge in [-0.15, -0.1) is 0 Å². The average Bonchev–Trinajstić information content (AvgIpc) is 1.70. The van der Waals surface area contributed by atoms with Crippen LogP contribution >= 0.6 is 0 Å². The van der Waals surface area contributed by atoms with E-state index in [1.807, 2.05) is 12.1 Å². The molecule has 4 aromatic rings. The maximum Gasteiger partial charge on any atom is 0.326 e. The predicted molar refractivity (Wildman–Crippen MR) is 503 cm³/mol. The van der Waals surface area contributed by atoms with Gasteiger partial charge in [-0.1, -0.05) is 88.4 Å². The van der Waals surface area contributed by atoms with Gasteiger partial charge in [-0.05, 0) is 163 Å². The minimum absolute atomic E-state index is 0.00735. The zero-order valence-electron chi connectivity index (χ0n) is 78.6. The lowest BCUT2D eigenvalue weighted by Crippen LogP contribution is -2.61. The number of nitrogens with zero attached hydrogens (tertiary/aromatic N) is 2. The number of unbranched alkanes of at least 4 members (excludes halogenated alkanes) is 2. The highest BCUT2D eigenvalue weighted by molar-refractivity contribution is 6.02. The Morgan fingerprint density at radius 1 is 0.446 bits per heavy atom. The largest absolute Gasteiger partial charge is 0.508 e. The Balaban J connectivity index is 1.21. The number of phenolic OH excluding ortho intramolecular Hbond substituents is 1. The Labute approximate surface area is 802 Å². The third-order valence-electron chi connectivity index (χ3n) is 23.2. The molecule has 0 bridgehead atoms. The van der Waals surface area contributed by atoms with Crippen LogP contribution in [0.1, 0.15) is 173 Å². The minimum atomic E-state index is -1.89. The number of H-pyrrole nitrogens is 1. The zero-order chi connectivity index (χ0) is 103. The van der Waals surface area contributed by atoms with Gasteiger partial charge in [0.15, 0.2) is 5.96 Å². The van der Waals surface area contributed by atoms with E-state index in [1.165, 1.54) is 43.0 Å². The highest BCUT2D eigenvalue weighted by Crippen LogP contribution is 2.26. The first-order chi connectivity index (χ1) is 65.9. The lowest BCUT2D eigenvalue weighted by Gasteiger charge is -2.32. The Morgan fingerprint density at radius 2 is 0.899 bits per heavy atom. The number of phenols is 1. The maximum atomic E-state index is 15.4. The van der Waals surface area contributed by atoms with E-state index in [4.69, 9.17) is 50.7 Å². The second-order valence-electron chi connectivity index (χ2n) is 35.3. The molecule has 15 atom stereocenters. The van der Waals surface area contributed by atoms with E-state index in [0.717, 1.165) is 22.7 Å². The Morgan fingerprint density at radius 3 is 1.42 bits per heavy atom. The van der Waals surface area contributed by atoms with Gasteiger partial charge in [-0.3, -0.25) is 96.5 Å². The Bertz CT molecular complexity index is 4960. The van der Waals surface area contributed by atoms with E-state index in [1.54, 1.807) is 62.5 Å². The predicted octanol–water partition coefficient (Wildman–Crippen LogP) is -5.65. The molecule has 2 saturated heterocycles. The smallest absolute Gasteiger partial charge is 0.326 e. The molecule has 2 aliphatic rings. The molecular formula is C91H135N25O23. The molecule has 2 aliphatic heterocycles. The molecule has 0 saturated carbocycles. The quantitative estimate of drug-likeness (QED) is 0.0111. The van der Waals surface area contributed by atoms with Crippen LogP contribution in [0.5, 0.6) is 5.75 Å². The van der Waals surface area contributed by atoms with Gasteiger partial charge in [0.25, 0.3) is 0 Å². The summed E-state index contributed by atoms with van der Waals surface area (Å²) in [5.74, 6) is -21.8. The van der Waals surface area contributed by atoms with Crippen molar-refractivity contribution in [3.63, 3.8) is 0 Å². The number of guanidine groups is 1. The highest BCUT2D eigenvalue weighted by Gasteiger charge is 2.45. The van der Waals surface area contributed by atoms with Crippen LogP contribution in [0.15, 0.2) is 85.1 Å². The monoisotopic (exact) mass is 1950 g/mol. The molecule has 3 heterocycles. The Hall–Kier alpha value is -14.4. The number of aromatic nitrogens is 1. The van der Waals surface area contributed by atoms with Crippen molar-refractivity contribution in [3.8, 4) is 5.75 Å². The molecular weight excluding hydrogens is 1810 g/mol. The molecule has 33 N–H and O–H groups in total. The normalized spacial score (nSPS) is 16.2. The number of rotatable bonds is 60. The summed E-state index contributed by atoms with van der Waals surface area (Å²) in [4.78, 5) is 283. The number of likely N-dealkylation sites (tertiary alicyclic amines) is 2. The van der Waals surface area contributed by atoms with Crippen LogP contribution in [0.3, 0.4) is 0 Å². The zero-order valence-corrected chi connectivity index (χ0v) is 78.6. The van der Waals surface area contributed by atoms with Gasteiger partial charge in [0.2, 0.25) is 106 Å². The molecule has 0 radical (unpaired) electrons. The first kappa shape index (κ1) is 113. The van der Waals surface area contributed by atoms with Crippen LogP contribution in [-0.2, 0) is 115 Å². The molecule has 1 aromatic heterocycles. The van der Waals surface area contributed by atoms with Crippen LogP contribution < -0.4 is 115 Å². The molecule has 48 nitrogen and oxygen atoms in total. The van der Waals surface area contributed by atoms with E-state index in [2.05, 4.69) is 79.4 Å². The van der Waals surface area contributed by atoms with Crippen molar-refractivity contribution in [2.45, 2.75) is 267 Å². The fraction of sp³-hybridized carbons (Fsp3) is 0.549. The number of benzene rings is 3. The lowest BCUT2D eigenvalue weighted by atomic mass is 9.99. The molecule has 139 heavy (non-hydrogen) atoms. The fourth-order valence-electron chi connectivity index (χ4n) is 15.8. The number of carbonyl (C=O) groups is 20. The van der Waals surface area contributed by atoms with Crippen LogP contribution in [0.2, 0.25) is 0 Å². The van der Waals surface area contributed by atoms with Crippen molar-refractivity contribution >= 4 is 135 Å². The van der Waals surface area contributed by atoms with Gasteiger partial charge in [0.1, 0.15) is 90.3 Å². The Kier molecular flexibility index (Phi) is 46.4. The summed E-state index contributed by atoms with van der Waals surface area (Å²) in [5, 5.41) is 73.6. The molecule has 0 aliphatic carbocycles. The van der Waals surface area contributed by atoms with E-state index in [9.17, 15) is 91.7 Å². The molecule has 2 fully saturated rings. The second-order valence-corrected chi connectivity index (χ2v) is 35.3. The van der Waals surface area contributed by atoms with Crippen molar-refractivity contribution in [2.75, 3.05) is 39.3 Å². The molecule has 6 rings (SSSR count). The third-order valence-corrected chi connectivity index (χ3v) is 23.2. The number of carboxylic acid groups (broad SMARTS) is 2. The van der Waals surface area contributed by atoms with Gasteiger partial charge >= 0.3 is 11.9 Å². The number of hydrogen-bond donors (Lipinski definition) is 26. The van der Waals surface area contributed by atoms with Crippen molar-refractivity contribution < 1.29 is 111 Å². The number of nitrogens with one attached hydrogen (secondary N) is 16. The number of carboxylic acids is 2.